The maximum Gasteiger partial charge on any atom is 0.253 e. The Morgan fingerprint density at radius 1 is 0.880 bits per heavy atom. The third-order valence-corrected chi connectivity index (χ3v) is 3.56. The van der Waals surface area contributed by atoms with Crippen LogP contribution in [0.25, 0.3) is 0 Å². The number of pyridine rings is 1. The number of hydrogen-bond acceptors (Lipinski definition) is 4. The van der Waals surface area contributed by atoms with E-state index in [4.69, 9.17) is 4.42 Å². The number of benzene rings is 1. The Morgan fingerprint density at radius 2 is 1.56 bits per heavy atom. The highest BCUT2D eigenvalue weighted by atomic mass is 16.3. The van der Waals surface area contributed by atoms with E-state index in [1.807, 2.05) is 30.3 Å². The van der Waals surface area contributed by atoms with E-state index in [-0.39, 0.29) is 18.4 Å². The number of furan rings is 1. The summed E-state index contributed by atoms with van der Waals surface area (Å²) in [5.41, 5.74) is 1.65. The lowest BCUT2D eigenvalue weighted by atomic mass is 10.1. The number of nitrogens with zero attached hydrogens (tertiary/aromatic N) is 1. The van der Waals surface area contributed by atoms with Gasteiger partial charge in [-0.15, -0.1) is 0 Å². The highest BCUT2D eigenvalue weighted by Crippen LogP contribution is 2.06. The van der Waals surface area contributed by atoms with Crippen LogP contribution in [0, 0.1) is 0 Å². The summed E-state index contributed by atoms with van der Waals surface area (Å²) in [4.78, 5) is 28.4. The molecular formula is C19H17N3O3. The average molecular weight is 335 g/mol. The summed E-state index contributed by atoms with van der Waals surface area (Å²) in [5.74, 6) is 0.0525. The molecule has 0 radical (unpaired) electrons. The van der Waals surface area contributed by atoms with E-state index in [2.05, 4.69) is 15.6 Å². The molecule has 0 saturated carbocycles. The first-order valence-corrected chi connectivity index (χ1v) is 7.80. The molecule has 0 spiro atoms. The average Bonchev–Trinajstić information content (AvgIpc) is 3.18. The zero-order valence-corrected chi connectivity index (χ0v) is 13.4. The minimum absolute atomic E-state index is 0.274. The van der Waals surface area contributed by atoms with Crippen molar-refractivity contribution in [2.24, 2.45) is 0 Å². The quantitative estimate of drug-likeness (QED) is 0.725. The van der Waals surface area contributed by atoms with Crippen molar-refractivity contribution in [3.05, 3.63) is 89.6 Å². The molecule has 0 fully saturated rings. The van der Waals surface area contributed by atoms with Crippen LogP contribution in [0.1, 0.15) is 32.0 Å². The SMILES string of the molecule is O=C(NCc1ccccc1)c1cncc(C(=O)NCc2ccco2)c1. The van der Waals surface area contributed by atoms with Gasteiger partial charge in [-0.2, -0.15) is 0 Å². The number of nitrogens with one attached hydrogen (secondary N) is 2. The number of aromatic nitrogens is 1. The highest BCUT2D eigenvalue weighted by Gasteiger charge is 2.11. The Bertz CT molecular complexity index is 845. The van der Waals surface area contributed by atoms with Gasteiger partial charge in [0, 0.05) is 18.9 Å². The number of carbonyl (C=O) groups excluding carboxylic acids is 2. The van der Waals surface area contributed by atoms with Gasteiger partial charge in [-0.05, 0) is 23.8 Å². The topological polar surface area (TPSA) is 84.2 Å². The molecule has 2 aromatic heterocycles. The highest BCUT2D eigenvalue weighted by molar-refractivity contribution is 5.99. The van der Waals surface area contributed by atoms with Gasteiger partial charge >= 0.3 is 0 Å². The van der Waals surface area contributed by atoms with Crippen LogP contribution in [0.15, 0.2) is 71.6 Å². The molecular weight excluding hydrogens is 318 g/mol. The molecule has 0 unspecified atom stereocenters. The first kappa shape index (κ1) is 16.4. The molecule has 2 amide bonds. The predicted octanol–water partition coefficient (Wildman–Crippen LogP) is 2.53. The van der Waals surface area contributed by atoms with Crippen LogP contribution < -0.4 is 10.6 Å². The maximum absolute atomic E-state index is 12.2. The molecule has 126 valence electrons. The summed E-state index contributed by atoms with van der Waals surface area (Å²) in [6.45, 7) is 0.685. The van der Waals surface area contributed by atoms with Crippen molar-refractivity contribution < 1.29 is 14.0 Å². The monoisotopic (exact) mass is 335 g/mol. The van der Waals surface area contributed by atoms with Crippen molar-refractivity contribution in [3.8, 4) is 0 Å². The van der Waals surface area contributed by atoms with Crippen molar-refractivity contribution in [1.29, 1.82) is 0 Å². The number of hydrogen-bond donors (Lipinski definition) is 2. The van der Waals surface area contributed by atoms with E-state index in [0.29, 0.717) is 23.4 Å². The van der Waals surface area contributed by atoms with Gasteiger partial charge < -0.3 is 15.1 Å². The van der Waals surface area contributed by atoms with Gasteiger partial charge in [0.05, 0.1) is 23.9 Å². The van der Waals surface area contributed by atoms with Crippen LogP contribution in [0.2, 0.25) is 0 Å². The van der Waals surface area contributed by atoms with Crippen molar-refractivity contribution in [3.63, 3.8) is 0 Å². The summed E-state index contributed by atoms with van der Waals surface area (Å²) >= 11 is 0. The summed E-state index contributed by atoms with van der Waals surface area (Å²) in [7, 11) is 0. The van der Waals surface area contributed by atoms with Crippen molar-refractivity contribution in [1.82, 2.24) is 15.6 Å². The molecule has 0 saturated heterocycles. The largest absolute Gasteiger partial charge is 0.467 e. The fraction of sp³-hybridized carbons (Fsp3) is 0.105. The summed E-state index contributed by atoms with van der Waals surface area (Å²) < 4.78 is 5.16. The Morgan fingerprint density at radius 3 is 2.20 bits per heavy atom. The van der Waals surface area contributed by atoms with Crippen molar-refractivity contribution in [2.75, 3.05) is 0 Å². The molecule has 0 aliphatic rings. The van der Waals surface area contributed by atoms with Crippen LogP contribution in [0.4, 0.5) is 0 Å². The molecule has 2 heterocycles. The standard InChI is InChI=1S/C19H17N3O3/c23-18(21-10-14-5-2-1-3-6-14)15-9-16(12-20-11-15)19(24)22-13-17-7-4-8-25-17/h1-9,11-12H,10,13H2,(H,21,23)(H,22,24). The smallest absolute Gasteiger partial charge is 0.253 e. The van der Waals surface area contributed by atoms with Crippen LogP contribution in [0.3, 0.4) is 0 Å². The zero-order valence-electron chi connectivity index (χ0n) is 13.4. The van der Waals surface area contributed by atoms with Gasteiger partial charge in [-0.3, -0.25) is 14.6 Å². The van der Waals surface area contributed by atoms with Crippen LogP contribution in [-0.4, -0.2) is 16.8 Å². The predicted molar refractivity (Wildman–Crippen MR) is 91.7 cm³/mol. The Kier molecular flexibility index (Phi) is 5.21. The van der Waals surface area contributed by atoms with E-state index in [1.54, 1.807) is 18.4 Å². The molecule has 0 aliphatic carbocycles. The third kappa shape index (κ3) is 4.54. The van der Waals surface area contributed by atoms with Gasteiger partial charge in [-0.1, -0.05) is 30.3 Å². The van der Waals surface area contributed by atoms with E-state index < -0.39 is 0 Å². The maximum atomic E-state index is 12.2. The Balaban J connectivity index is 1.60. The van der Waals surface area contributed by atoms with Crippen LogP contribution in [-0.2, 0) is 13.1 Å². The second-order valence-electron chi connectivity index (χ2n) is 5.39. The lowest BCUT2D eigenvalue weighted by Crippen LogP contribution is -2.25. The molecule has 1 aromatic carbocycles. The van der Waals surface area contributed by atoms with Crippen molar-refractivity contribution >= 4 is 11.8 Å². The normalized spacial score (nSPS) is 10.2. The first-order valence-electron chi connectivity index (χ1n) is 7.80. The lowest BCUT2D eigenvalue weighted by Gasteiger charge is -2.07. The zero-order chi connectivity index (χ0) is 17.5. The fourth-order valence-electron chi connectivity index (χ4n) is 2.25. The lowest BCUT2D eigenvalue weighted by molar-refractivity contribution is 0.0947. The Labute approximate surface area is 144 Å². The molecule has 0 aliphatic heterocycles. The van der Waals surface area contributed by atoms with Gasteiger partial charge in [0.2, 0.25) is 0 Å². The summed E-state index contributed by atoms with van der Waals surface area (Å²) in [5, 5.41) is 5.53. The van der Waals surface area contributed by atoms with E-state index in [0.717, 1.165) is 5.56 Å². The molecule has 6 heteroatoms. The third-order valence-electron chi connectivity index (χ3n) is 3.56. The molecule has 3 aromatic rings. The van der Waals surface area contributed by atoms with Gasteiger partial charge in [0.25, 0.3) is 11.8 Å². The van der Waals surface area contributed by atoms with Crippen molar-refractivity contribution in [2.45, 2.75) is 13.1 Å². The molecule has 0 atom stereocenters. The second-order valence-corrected chi connectivity index (χ2v) is 5.39. The molecule has 2 N–H and O–H groups in total. The molecule has 6 nitrogen and oxygen atoms in total. The summed E-state index contributed by atoms with van der Waals surface area (Å²) in [6.07, 6.45) is 4.40. The van der Waals surface area contributed by atoms with E-state index >= 15 is 0 Å². The number of rotatable bonds is 6. The van der Waals surface area contributed by atoms with Crippen LogP contribution in [0.5, 0.6) is 0 Å². The van der Waals surface area contributed by atoms with Crippen LogP contribution >= 0.6 is 0 Å². The minimum atomic E-state index is -0.318. The number of carbonyl (C=O) groups is 2. The van der Waals surface area contributed by atoms with E-state index in [9.17, 15) is 9.59 Å². The van der Waals surface area contributed by atoms with Gasteiger partial charge in [-0.25, -0.2) is 0 Å². The molecule has 3 rings (SSSR count). The second kappa shape index (κ2) is 7.92. The first-order chi connectivity index (χ1) is 12.2. The minimum Gasteiger partial charge on any atom is -0.467 e. The number of amides is 2. The molecule has 0 bridgehead atoms. The van der Waals surface area contributed by atoms with E-state index in [1.165, 1.54) is 18.5 Å². The van der Waals surface area contributed by atoms with Gasteiger partial charge in [0.15, 0.2) is 0 Å². The Hall–Kier alpha value is -3.41. The van der Waals surface area contributed by atoms with Gasteiger partial charge in [0.1, 0.15) is 5.76 Å². The fourth-order valence-corrected chi connectivity index (χ4v) is 2.25. The summed E-state index contributed by atoms with van der Waals surface area (Å²) in [6, 6.07) is 14.6. The molecule has 25 heavy (non-hydrogen) atoms.